The van der Waals surface area contributed by atoms with Crippen LogP contribution in [0.25, 0.3) is 0 Å². The fraction of sp³-hybridized carbons (Fsp3) is 0.364. The van der Waals surface area contributed by atoms with E-state index in [-0.39, 0.29) is 18.2 Å². The highest BCUT2D eigenvalue weighted by molar-refractivity contribution is 5.88. The van der Waals surface area contributed by atoms with Crippen molar-refractivity contribution in [2.24, 2.45) is 0 Å². The molecular formula is C22H28N2O2. The van der Waals surface area contributed by atoms with E-state index in [1.807, 2.05) is 63.2 Å². The standard InChI is InChI=1S/C22H28N2O2/c1-5-23-22(26)18(4)24(15-20-8-6-7-17(3)13-20)21(25)14-19-11-9-16(2)10-12-19/h6-13,18H,5,14-15H2,1-4H3,(H,23,26)/t18-/m1/s1. The Morgan fingerprint density at radius 2 is 1.69 bits per heavy atom. The summed E-state index contributed by atoms with van der Waals surface area (Å²) in [6.07, 6.45) is 0.288. The molecule has 2 aromatic rings. The number of aryl methyl sites for hydroxylation is 2. The van der Waals surface area contributed by atoms with Crippen LogP contribution in [0, 0.1) is 13.8 Å². The lowest BCUT2D eigenvalue weighted by Crippen LogP contribution is -2.48. The summed E-state index contributed by atoms with van der Waals surface area (Å²) in [7, 11) is 0. The first-order valence-electron chi connectivity index (χ1n) is 9.09. The van der Waals surface area contributed by atoms with Crippen molar-refractivity contribution in [2.45, 2.75) is 46.7 Å². The molecule has 0 aliphatic heterocycles. The maximum atomic E-state index is 13.0. The monoisotopic (exact) mass is 352 g/mol. The van der Waals surface area contributed by atoms with Crippen LogP contribution >= 0.6 is 0 Å². The highest BCUT2D eigenvalue weighted by Gasteiger charge is 2.25. The summed E-state index contributed by atoms with van der Waals surface area (Å²) in [6, 6.07) is 15.5. The van der Waals surface area contributed by atoms with Gasteiger partial charge < -0.3 is 10.2 Å². The van der Waals surface area contributed by atoms with Gasteiger partial charge in [0.15, 0.2) is 0 Å². The second kappa shape index (κ2) is 9.18. The maximum Gasteiger partial charge on any atom is 0.242 e. The molecule has 26 heavy (non-hydrogen) atoms. The zero-order valence-electron chi connectivity index (χ0n) is 16.1. The Morgan fingerprint density at radius 1 is 1.00 bits per heavy atom. The van der Waals surface area contributed by atoms with Gasteiger partial charge in [-0.15, -0.1) is 0 Å². The fourth-order valence-electron chi connectivity index (χ4n) is 2.89. The molecule has 0 aliphatic rings. The summed E-state index contributed by atoms with van der Waals surface area (Å²) in [5.74, 6) is -0.175. The Kier molecular flexibility index (Phi) is 6.96. The number of nitrogens with zero attached hydrogens (tertiary/aromatic N) is 1. The summed E-state index contributed by atoms with van der Waals surface area (Å²) in [4.78, 5) is 27.0. The summed E-state index contributed by atoms with van der Waals surface area (Å²) >= 11 is 0. The van der Waals surface area contributed by atoms with Crippen molar-refractivity contribution in [3.63, 3.8) is 0 Å². The van der Waals surface area contributed by atoms with E-state index in [1.165, 1.54) is 0 Å². The van der Waals surface area contributed by atoms with Gasteiger partial charge in [-0.2, -0.15) is 0 Å². The van der Waals surface area contributed by atoms with E-state index in [0.717, 1.165) is 22.3 Å². The lowest BCUT2D eigenvalue weighted by molar-refractivity contribution is -0.140. The van der Waals surface area contributed by atoms with Crippen LogP contribution in [0.1, 0.15) is 36.1 Å². The number of hydrogen-bond acceptors (Lipinski definition) is 2. The minimum Gasteiger partial charge on any atom is -0.355 e. The van der Waals surface area contributed by atoms with Gasteiger partial charge in [-0.25, -0.2) is 0 Å². The minimum atomic E-state index is -0.520. The molecule has 1 atom stereocenters. The number of nitrogens with one attached hydrogen (secondary N) is 1. The first-order valence-corrected chi connectivity index (χ1v) is 9.09. The van der Waals surface area contributed by atoms with Gasteiger partial charge in [0.25, 0.3) is 0 Å². The third kappa shape index (κ3) is 5.45. The zero-order chi connectivity index (χ0) is 19.1. The van der Waals surface area contributed by atoms with Crippen molar-refractivity contribution in [3.8, 4) is 0 Å². The number of carbonyl (C=O) groups excluding carboxylic acids is 2. The Balaban J connectivity index is 2.21. The Hall–Kier alpha value is -2.62. The molecule has 0 saturated heterocycles. The summed E-state index contributed by atoms with van der Waals surface area (Å²) < 4.78 is 0. The van der Waals surface area contributed by atoms with E-state index in [2.05, 4.69) is 11.4 Å². The number of likely N-dealkylation sites (N-methyl/N-ethyl adjacent to an activating group) is 1. The lowest BCUT2D eigenvalue weighted by atomic mass is 10.1. The molecule has 0 aliphatic carbocycles. The summed E-state index contributed by atoms with van der Waals surface area (Å²) in [5, 5.41) is 2.82. The summed E-state index contributed by atoms with van der Waals surface area (Å²) in [5.41, 5.74) is 4.28. The van der Waals surface area contributed by atoms with Gasteiger partial charge in [0.2, 0.25) is 11.8 Å². The molecule has 0 radical (unpaired) electrons. The van der Waals surface area contributed by atoms with Crippen LogP contribution < -0.4 is 5.32 Å². The maximum absolute atomic E-state index is 13.0. The SMILES string of the molecule is CCNC(=O)[C@@H](C)N(Cc1cccc(C)c1)C(=O)Cc1ccc(C)cc1. The average Bonchev–Trinajstić information content (AvgIpc) is 2.61. The van der Waals surface area contributed by atoms with Crippen LogP contribution in [0.3, 0.4) is 0 Å². The van der Waals surface area contributed by atoms with E-state index in [4.69, 9.17) is 0 Å². The molecular weight excluding hydrogens is 324 g/mol. The van der Waals surface area contributed by atoms with Crippen molar-refractivity contribution in [3.05, 3.63) is 70.8 Å². The van der Waals surface area contributed by atoms with Crippen LogP contribution in [-0.4, -0.2) is 29.3 Å². The molecule has 0 bridgehead atoms. The molecule has 138 valence electrons. The van der Waals surface area contributed by atoms with E-state index in [1.54, 1.807) is 11.8 Å². The predicted molar refractivity (Wildman–Crippen MR) is 105 cm³/mol. The quantitative estimate of drug-likeness (QED) is 0.830. The number of amides is 2. The minimum absolute atomic E-state index is 0.0471. The van der Waals surface area contributed by atoms with Crippen LogP contribution in [-0.2, 0) is 22.6 Å². The van der Waals surface area contributed by atoms with Crippen molar-refractivity contribution >= 4 is 11.8 Å². The first kappa shape index (κ1) is 19.7. The molecule has 4 nitrogen and oxygen atoms in total. The topological polar surface area (TPSA) is 49.4 Å². The van der Waals surface area contributed by atoms with Crippen LogP contribution in [0.2, 0.25) is 0 Å². The molecule has 2 amide bonds. The van der Waals surface area contributed by atoms with Crippen LogP contribution in [0.5, 0.6) is 0 Å². The largest absolute Gasteiger partial charge is 0.355 e. The van der Waals surface area contributed by atoms with E-state index in [9.17, 15) is 9.59 Å². The van der Waals surface area contributed by atoms with E-state index < -0.39 is 6.04 Å². The van der Waals surface area contributed by atoms with Crippen molar-refractivity contribution in [1.82, 2.24) is 10.2 Å². The second-order valence-electron chi connectivity index (χ2n) is 6.74. The molecule has 0 aromatic heterocycles. The van der Waals surface area contributed by atoms with Crippen LogP contribution in [0.4, 0.5) is 0 Å². The highest BCUT2D eigenvalue weighted by atomic mass is 16.2. The number of rotatable bonds is 7. The molecule has 2 aromatic carbocycles. The number of benzene rings is 2. The number of carbonyl (C=O) groups is 2. The first-order chi connectivity index (χ1) is 12.4. The smallest absolute Gasteiger partial charge is 0.242 e. The van der Waals surface area contributed by atoms with Gasteiger partial charge >= 0.3 is 0 Å². The van der Waals surface area contributed by atoms with Gasteiger partial charge in [0.1, 0.15) is 6.04 Å². The van der Waals surface area contributed by atoms with Crippen molar-refractivity contribution < 1.29 is 9.59 Å². The van der Waals surface area contributed by atoms with Gasteiger partial charge in [-0.1, -0.05) is 59.7 Å². The molecule has 0 fully saturated rings. The van der Waals surface area contributed by atoms with Gasteiger partial charge in [0.05, 0.1) is 6.42 Å². The van der Waals surface area contributed by atoms with Crippen LogP contribution in [0.15, 0.2) is 48.5 Å². The van der Waals surface area contributed by atoms with Gasteiger partial charge in [0, 0.05) is 13.1 Å². The molecule has 0 unspecified atom stereocenters. The Bertz CT molecular complexity index is 753. The van der Waals surface area contributed by atoms with E-state index in [0.29, 0.717) is 13.1 Å². The highest BCUT2D eigenvalue weighted by Crippen LogP contribution is 2.14. The molecule has 0 spiro atoms. The van der Waals surface area contributed by atoms with E-state index >= 15 is 0 Å². The second-order valence-corrected chi connectivity index (χ2v) is 6.74. The Labute approximate surface area is 156 Å². The number of hydrogen-bond donors (Lipinski definition) is 1. The van der Waals surface area contributed by atoms with Crippen molar-refractivity contribution in [2.75, 3.05) is 6.54 Å². The average molecular weight is 352 g/mol. The van der Waals surface area contributed by atoms with Gasteiger partial charge in [-0.05, 0) is 38.8 Å². The molecule has 0 saturated carbocycles. The molecule has 1 N–H and O–H groups in total. The predicted octanol–water partition coefficient (Wildman–Crippen LogP) is 3.40. The van der Waals surface area contributed by atoms with Crippen molar-refractivity contribution in [1.29, 1.82) is 0 Å². The normalized spacial score (nSPS) is 11.7. The Morgan fingerprint density at radius 3 is 2.31 bits per heavy atom. The summed E-state index contributed by atoms with van der Waals surface area (Å²) in [6.45, 7) is 8.68. The molecule has 2 rings (SSSR count). The third-order valence-electron chi connectivity index (χ3n) is 4.43. The third-order valence-corrected chi connectivity index (χ3v) is 4.43. The zero-order valence-corrected chi connectivity index (χ0v) is 16.1. The fourth-order valence-corrected chi connectivity index (χ4v) is 2.89. The molecule has 0 heterocycles. The molecule has 4 heteroatoms. The van der Waals surface area contributed by atoms with Gasteiger partial charge in [-0.3, -0.25) is 9.59 Å². The lowest BCUT2D eigenvalue weighted by Gasteiger charge is -2.29.